The quantitative estimate of drug-likeness (QED) is 0.845. The van der Waals surface area contributed by atoms with Gasteiger partial charge in [-0.25, -0.2) is 9.97 Å². The van der Waals surface area contributed by atoms with Crippen molar-refractivity contribution in [3.63, 3.8) is 0 Å². The number of nitrogens with one attached hydrogen (secondary N) is 1. The molecule has 0 saturated carbocycles. The highest BCUT2D eigenvalue weighted by atomic mass is 16.1. The Hall–Kier alpha value is -2.50. The molecule has 6 nitrogen and oxygen atoms in total. The van der Waals surface area contributed by atoms with Gasteiger partial charge in [-0.05, 0) is 50.5 Å². The van der Waals surface area contributed by atoms with Crippen LogP contribution in [0.3, 0.4) is 0 Å². The minimum atomic E-state index is -0.154. The van der Waals surface area contributed by atoms with Crippen LogP contribution in [0, 0.1) is 6.92 Å². The van der Waals surface area contributed by atoms with Gasteiger partial charge in [0.25, 0.3) is 5.91 Å². The van der Waals surface area contributed by atoms with Gasteiger partial charge < -0.3 is 10.2 Å². The van der Waals surface area contributed by atoms with Gasteiger partial charge in [0, 0.05) is 37.7 Å². The van der Waals surface area contributed by atoms with Crippen molar-refractivity contribution in [2.75, 3.05) is 18.5 Å². The van der Waals surface area contributed by atoms with E-state index in [-0.39, 0.29) is 11.9 Å². The lowest BCUT2D eigenvalue weighted by molar-refractivity contribution is 0.0934. The molecule has 2 aromatic heterocycles. The average molecular weight is 327 g/mol. The number of anilines is 1. The Morgan fingerprint density at radius 1 is 1.29 bits per heavy atom. The molecule has 0 aromatic carbocycles. The summed E-state index contributed by atoms with van der Waals surface area (Å²) in [5, 5.41) is 2.94. The van der Waals surface area contributed by atoms with Crippen LogP contribution in [0.25, 0.3) is 0 Å². The van der Waals surface area contributed by atoms with Crippen LogP contribution in [-0.2, 0) is 6.42 Å². The summed E-state index contributed by atoms with van der Waals surface area (Å²) in [5.41, 5.74) is 2.40. The number of carbonyl (C=O) groups excluding carboxylic acids is 1. The van der Waals surface area contributed by atoms with Crippen LogP contribution in [-0.4, -0.2) is 40.5 Å². The Labute approximate surface area is 143 Å². The van der Waals surface area contributed by atoms with E-state index in [1.807, 2.05) is 44.9 Å². The van der Waals surface area contributed by atoms with Crippen LogP contribution >= 0.6 is 0 Å². The standard InChI is InChI=1S/C18H25N5O/c1-5-13(2)20-17(24)16-12-14(3)21-18(22-16)23(4)11-8-15-6-9-19-10-7-15/h6-7,9-10,12-13H,5,8,11H2,1-4H3,(H,20,24). The van der Waals surface area contributed by atoms with Crippen molar-refractivity contribution < 1.29 is 4.79 Å². The van der Waals surface area contributed by atoms with Crippen molar-refractivity contribution in [1.29, 1.82) is 0 Å². The molecule has 0 aliphatic heterocycles. The Balaban J connectivity index is 2.07. The topological polar surface area (TPSA) is 71.0 Å². The summed E-state index contributed by atoms with van der Waals surface area (Å²) in [6.45, 7) is 6.66. The second-order valence-electron chi connectivity index (χ2n) is 6.00. The normalized spacial score (nSPS) is 11.8. The van der Waals surface area contributed by atoms with Gasteiger partial charge in [-0.15, -0.1) is 0 Å². The maximum Gasteiger partial charge on any atom is 0.270 e. The number of aryl methyl sites for hydroxylation is 1. The monoisotopic (exact) mass is 327 g/mol. The van der Waals surface area contributed by atoms with E-state index in [0.717, 1.165) is 25.1 Å². The Kier molecular flexibility index (Phi) is 6.23. The molecule has 1 N–H and O–H groups in total. The van der Waals surface area contributed by atoms with Gasteiger partial charge in [0.15, 0.2) is 0 Å². The first-order valence-electron chi connectivity index (χ1n) is 8.26. The Morgan fingerprint density at radius 2 is 2.00 bits per heavy atom. The fourth-order valence-corrected chi connectivity index (χ4v) is 2.19. The lowest BCUT2D eigenvalue weighted by Crippen LogP contribution is -2.33. The van der Waals surface area contributed by atoms with Gasteiger partial charge in [-0.1, -0.05) is 6.92 Å². The summed E-state index contributed by atoms with van der Waals surface area (Å²) >= 11 is 0. The van der Waals surface area contributed by atoms with Gasteiger partial charge in [-0.3, -0.25) is 9.78 Å². The highest BCUT2D eigenvalue weighted by Gasteiger charge is 2.14. The van der Waals surface area contributed by atoms with Crippen LogP contribution in [0.4, 0.5) is 5.95 Å². The van der Waals surface area contributed by atoms with Gasteiger partial charge in [0.2, 0.25) is 5.95 Å². The third kappa shape index (κ3) is 5.01. The molecule has 1 atom stereocenters. The second-order valence-corrected chi connectivity index (χ2v) is 6.00. The number of likely N-dealkylation sites (N-methyl/N-ethyl adjacent to an activating group) is 1. The molecule has 1 amide bonds. The Bertz CT molecular complexity index is 674. The molecule has 0 bridgehead atoms. The molecule has 0 fully saturated rings. The number of pyridine rings is 1. The minimum absolute atomic E-state index is 0.126. The predicted octanol–water partition coefficient (Wildman–Crippen LogP) is 2.39. The number of nitrogens with zero attached hydrogens (tertiary/aromatic N) is 4. The Morgan fingerprint density at radius 3 is 2.67 bits per heavy atom. The molecule has 2 aromatic rings. The van der Waals surface area contributed by atoms with Gasteiger partial charge in [0.05, 0.1) is 0 Å². The van der Waals surface area contributed by atoms with Gasteiger partial charge >= 0.3 is 0 Å². The molecule has 128 valence electrons. The summed E-state index contributed by atoms with van der Waals surface area (Å²) in [5.74, 6) is 0.414. The third-order valence-corrected chi connectivity index (χ3v) is 3.89. The first-order valence-corrected chi connectivity index (χ1v) is 8.26. The molecule has 24 heavy (non-hydrogen) atoms. The molecule has 1 unspecified atom stereocenters. The van der Waals surface area contributed by atoms with Crippen molar-refractivity contribution in [3.05, 3.63) is 47.5 Å². The highest BCUT2D eigenvalue weighted by Crippen LogP contribution is 2.10. The molecule has 0 saturated heterocycles. The molecule has 0 aliphatic carbocycles. The fraction of sp³-hybridized carbons (Fsp3) is 0.444. The van der Waals surface area contributed by atoms with Crippen molar-refractivity contribution in [2.24, 2.45) is 0 Å². The van der Waals surface area contributed by atoms with Crippen LogP contribution in [0.15, 0.2) is 30.6 Å². The number of hydrogen-bond acceptors (Lipinski definition) is 5. The summed E-state index contributed by atoms with van der Waals surface area (Å²) in [6, 6.07) is 5.84. The minimum Gasteiger partial charge on any atom is -0.348 e. The number of aromatic nitrogens is 3. The molecule has 0 radical (unpaired) electrons. The number of carbonyl (C=O) groups is 1. The SMILES string of the molecule is CCC(C)NC(=O)c1cc(C)nc(N(C)CCc2ccncc2)n1. The van der Waals surface area contributed by atoms with Crippen molar-refractivity contribution in [2.45, 2.75) is 39.7 Å². The van der Waals surface area contributed by atoms with Crippen LogP contribution in [0.1, 0.15) is 42.0 Å². The number of hydrogen-bond donors (Lipinski definition) is 1. The first-order chi connectivity index (χ1) is 11.5. The zero-order valence-corrected chi connectivity index (χ0v) is 14.8. The lowest BCUT2D eigenvalue weighted by atomic mass is 10.2. The third-order valence-electron chi connectivity index (χ3n) is 3.89. The molecular weight excluding hydrogens is 302 g/mol. The maximum atomic E-state index is 12.3. The van der Waals surface area contributed by atoms with Crippen molar-refractivity contribution >= 4 is 11.9 Å². The molecule has 0 aliphatic rings. The summed E-state index contributed by atoms with van der Waals surface area (Å²) in [7, 11) is 1.94. The zero-order valence-electron chi connectivity index (χ0n) is 14.8. The van der Waals surface area contributed by atoms with E-state index in [9.17, 15) is 4.79 Å². The molecule has 0 spiro atoms. The number of rotatable bonds is 7. The predicted molar refractivity (Wildman–Crippen MR) is 95.2 cm³/mol. The van der Waals surface area contributed by atoms with Crippen LogP contribution in [0.5, 0.6) is 0 Å². The van der Waals surface area contributed by atoms with Crippen LogP contribution < -0.4 is 10.2 Å². The van der Waals surface area contributed by atoms with E-state index in [2.05, 4.69) is 20.3 Å². The van der Waals surface area contributed by atoms with E-state index >= 15 is 0 Å². The van der Waals surface area contributed by atoms with E-state index in [1.165, 1.54) is 5.56 Å². The van der Waals surface area contributed by atoms with Crippen molar-refractivity contribution in [3.8, 4) is 0 Å². The van der Waals surface area contributed by atoms with Gasteiger partial charge in [-0.2, -0.15) is 0 Å². The summed E-state index contributed by atoms with van der Waals surface area (Å²) < 4.78 is 0. The van der Waals surface area contributed by atoms with E-state index < -0.39 is 0 Å². The average Bonchev–Trinajstić information content (AvgIpc) is 2.59. The van der Waals surface area contributed by atoms with Crippen molar-refractivity contribution in [1.82, 2.24) is 20.3 Å². The van der Waals surface area contributed by atoms with E-state index in [0.29, 0.717) is 11.6 Å². The number of amides is 1. The lowest BCUT2D eigenvalue weighted by Gasteiger charge is -2.18. The second kappa shape index (κ2) is 8.38. The molecule has 6 heteroatoms. The molecular formula is C18H25N5O. The van der Waals surface area contributed by atoms with Gasteiger partial charge in [0.1, 0.15) is 5.69 Å². The smallest absolute Gasteiger partial charge is 0.270 e. The largest absolute Gasteiger partial charge is 0.348 e. The molecule has 2 heterocycles. The highest BCUT2D eigenvalue weighted by molar-refractivity contribution is 5.92. The molecule has 2 rings (SSSR count). The summed E-state index contributed by atoms with van der Waals surface area (Å²) in [4.78, 5) is 27.2. The van der Waals surface area contributed by atoms with Crippen LogP contribution in [0.2, 0.25) is 0 Å². The van der Waals surface area contributed by atoms with E-state index in [1.54, 1.807) is 18.5 Å². The zero-order chi connectivity index (χ0) is 17.5. The fourth-order valence-electron chi connectivity index (χ4n) is 2.19. The maximum absolute atomic E-state index is 12.3. The summed E-state index contributed by atoms with van der Waals surface area (Å²) in [6.07, 6.45) is 5.32. The van der Waals surface area contributed by atoms with E-state index in [4.69, 9.17) is 0 Å². The first kappa shape index (κ1) is 17.8.